The monoisotopic (exact) mass is 328 g/mol. The van der Waals surface area contributed by atoms with E-state index in [1.54, 1.807) is 11.1 Å². The molecular formula is C15H16N6OS. The molecule has 0 radical (unpaired) electrons. The number of thiazole rings is 1. The minimum atomic E-state index is -0.0898. The maximum absolute atomic E-state index is 12.2. The molecule has 3 aromatic heterocycles. The molecule has 118 valence electrons. The molecule has 3 N–H and O–H groups in total. The van der Waals surface area contributed by atoms with Crippen molar-refractivity contribution in [3.8, 4) is 11.3 Å². The van der Waals surface area contributed by atoms with E-state index < -0.39 is 0 Å². The Balaban J connectivity index is 1.53. The van der Waals surface area contributed by atoms with Crippen LogP contribution in [0.1, 0.15) is 0 Å². The number of pyridine rings is 1. The molecule has 3 aromatic rings. The molecule has 1 aliphatic rings. The van der Waals surface area contributed by atoms with Gasteiger partial charge in [-0.3, -0.25) is 5.32 Å². The highest BCUT2D eigenvalue weighted by molar-refractivity contribution is 7.14. The van der Waals surface area contributed by atoms with Crippen LogP contribution in [-0.2, 0) is 0 Å². The lowest BCUT2D eigenvalue weighted by atomic mass is 10.2. The molecule has 0 spiro atoms. The first-order valence-electron chi connectivity index (χ1n) is 7.46. The number of urea groups is 1. The van der Waals surface area contributed by atoms with Gasteiger partial charge in [0.1, 0.15) is 5.65 Å². The molecule has 1 fully saturated rings. The Hall–Kier alpha value is -2.45. The fourth-order valence-electron chi connectivity index (χ4n) is 2.66. The highest BCUT2D eigenvalue weighted by atomic mass is 32.1. The molecule has 4 heterocycles. The van der Waals surface area contributed by atoms with Gasteiger partial charge in [0, 0.05) is 54.9 Å². The van der Waals surface area contributed by atoms with Crippen molar-refractivity contribution in [2.75, 3.05) is 31.5 Å². The molecule has 0 bridgehead atoms. The topological polar surface area (TPSA) is 85.9 Å². The Morgan fingerprint density at radius 1 is 1.35 bits per heavy atom. The first-order valence-corrected chi connectivity index (χ1v) is 8.34. The second kappa shape index (κ2) is 5.98. The number of carbonyl (C=O) groups is 1. The predicted octanol–water partition coefficient (Wildman–Crippen LogP) is 2.12. The number of hydrogen-bond acceptors (Lipinski definition) is 5. The summed E-state index contributed by atoms with van der Waals surface area (Å²) in [5.41, 5.74) is 2.67. The largest absolute Gasteiger partial charge is 0.345 e. The van der Waals surface area contributed by atoms with E-state index in [0.717, 1.165) is 48.5 Å². The number of H-pyrrole nitrogens is 1. The van der Waals surface area contributed by atoms with Gasteiger partial charge in [-0.15, -0.1) is 11.3 Å². The average Bonchev–Trinajstić information content (AvgIpc) is 3.22. The molecule has 0 aliphatic carbocycles. The zero-order chi connectivity index (χ0) is 15.6. The summed E-state index contributed by atoms with van der Waals surface area (Å²) in [5, 5.41) is 9.70. The third-order valence-electron chi connectivity index (χ3n) is 3.85. The Morgan fingerprint density at radius 3 is 3.09 bits per heavy atom. The molecular weight excluding hydrogens is 312 g/mol. The van der Waals surface area contributed by atoms with Crippen molar-refractivity contribution in [1.29, 1.82) is 0 Å². The first kappa shape index (κ1) is 14.2. The van der Waals surface area contributed by atoms with Crippen LogP contribution in [0.4, 0.5) is 9.93 Å². The van der Waals surface area contributed by atoms with Gasteiger partial charge < -0.3 is 15.2 Å². The Kier molecular flexibility index (Phi) is 3.68. The maximum Gasteiger partial charge on any atom is 0.323 e. The molecule has 7 nitrogen and oxygen atoms in total. The number of piperazine rings is 1. The zero-order valence-electron chi connectivity index (χ0n) is 12.4. The maximum atomic E-state index is 12.2. The molecule has 1 saturated heterocycles. The number of fused-ring (bicyclic) bond motifs is 1. The first-order chi connectivity index (χ1) is 11.3. The van der Waals surface area contributed by atoms with E-state index in [1.165, 1.54) is 11.3 Å². The van der Waals surface area contributed by atoms with Gasteiger partial charge in [-0.2, -0.15) is 0 Å². The summed E-state index contributed by atoms with van der Waals surface area (Å²) in [6.07, 6.45) is 3.65. The van der Waals surface area contributed by atoms with Crippen LogP contribution in [-0.4, -0.2) is 52.1 Å². The third-order valence-corrected chi connectivity index (χ3v) is 4.61. The lowest BCUT2D eigenvalue weighted by Crippen LogP contribution is -2.48. The molecule has 2 amide bonds. The number of rotatable bonds is 2. The normalized spacial score (nSPS) is 15.0. The SMILES string of the molecule is O=C(Nc1nc(-c2c[nH]c3ncccc23)cs1)N1CCNCC1. The highest BCUT2D eigenvalue weighted by Crippen LogP contribution is 2.30. The summed E-state index contributed by atoms with van der Waals surface area (Å²) in [6.45, 7) is 3.11. The number of nitrogens with zero attached hydrogens (tertiary/aromatic N) is 3. The van der Waals surface area contributed by atoms with Crippen molar-refractivity contribution in [2.24, 2.45) is 0 Å². The number of aromatic nitrogens is 3. The Bertz CT molecular complexity index is 835. The van der Waals surface area contributed by atoms with Crippen LogP contribution in [0.15, 0.2) is 29.9 Å². The van der Waals surface area contributed by atoms with Gasteiger partial charge in [0.15, 0.2) is 5.13 Å². The highest BCUT2D eigenvalue weighted by Gasteiger charge is 2.18. The van der Waals surface area contributed by atoms with Crippen LogP contribution in [0.2, 0.25) is 0 Å². The van der Waals surface area contributed by atoms with Crippen LogP contribution in [0.3, 0.4) is 0 Å². The summed E-state index contributed by atoms with van der Waals surface area (Å²) in [4.78, 5) is 26.0. The van der Waals surface area contributed by atoms with Crippen LogP contribution in [0.5, 0.6) is 0 Å². The van der Waals surface area contributed by atoms with E-state index >= 15 is 0 Å². The van der Waals surface area contributed by atoms with Crippen molar-refractivity contribution in [1.82, 2.24) is 25.2 Å². The van der Waals surface area contributed by atoms with E-state index in [4.69, 9.17) is 0 Å². The fraction of sp³-hybridized carbons (Fsp3) is 0.267. The average molecular weight is 328 g/mol. The number of amides is 2. The van der Waals surface area contributed by atoms with E-state index in [1.807, 2.05) is 23.7 Å². The van der Waals surface area contributed by atoms with Gasteiger partial charge in [-0.25, -0.2) is 14.8 Å². The van der Waals surface area contributed by atoms with Crippen LogP contribution in [0.25, 0.3) is 22.3 Å². The zero-order valence-corrected chi connectivity index (χ0v) is 13.2. The van der Waals surface area contributed by atoms with E-state index in [2.05, 4.69) is 25.6 Å². The predicted molar refractivity (Wildman–Crippen MR) is 90.7 cm³/mol. The van der Waals surface area contributed by atoms with Crippen LogP contribution in [0, 0.1) is 0 Å². The lowest BCUT2D eigenvalue weighted by Gasteiger charge is -2.26. The summed E-state index contributed by atoms with van der Waals surface area (Å²) < 4.78 is 0. The van der Waals surface area contributed by atoms with Gasteiger partial charge in [0.2, 0.25) is 0 Å². The Labute approximate surface area is 136 Å². The van der Waals surface area contributed by atoms with E-state index in [9.17, 15) is 4.79 Å². The molecule has 4 rings (SSSR count). The second-order valence-corrected chi connectivity index (χ2v) is 6.17. The number of carbonyl (C=O) groups excluding carboxylic acids is 1. The van der Waals surface area contributed by atoms with Crippen molar-refractivity contribution in [2.45, 2.75) is 0 Å². The van der Waals surface area contributed by atoms with Gasteiger partial charge in [0.25, 0.3) is 0 Å². The van der Waals surface area contributed by atoms with E-state index in [-0.39, 0.29) is 6.03 Å². The number of hydrogen-bond donors (Lipinski definition) is 3. The van der Waals surface area contributed by atoms with Crippen molar-refractivity contribution in [3.63, 3.8) is 0 Å². The summed E-state index contributed by atoms with van der Waals surface area (Å²) in [7, 11) is 0. The lowest BCUT2D eigenvalue weighted by molar-refractivity contribution is 0.204. The van der Waals surface area contributed by atoms with Crippen molar-refractivity contribution < 1.29 is 4.79 Å². The molecule has 23 heavy (non-hydrogen) atoms. The van der Waals surface area contributed by atoms with Crippen molar-refractivity contribution >= 4 is 33.5 Å². The minimum Gasteiger partial charge on any atom is -0.345 e. The fourth-order valence-corrected chi connectivity index (χ4v) is 3.36. The molecule has 1 aliphatic heterocycles. The van der Waals surface area contributed by atoms with Crippen LogP contribution >= 0.6 is 11.3 Å². The molecule has 0 atom stereocenters. The molecule has 0 saturated carbocycles. The standard InChI is InChI=1S/C15H16N6OS/c22-15(21-6-4-16-5-7-21)20-14-19-12(9-23-14)11-8-18-13-10(11)2-1-3-17-13/h1-3,8-9,16H,4-7H2,(H,17,18)(H,19,20,22). The van der Waals surface area contributed by atoms with E-state index in [0.29, 0.717) is 5.13 Å². The third kappa shape index (κ3) is 2.78. The molecule has 0 unspecified atom stereocenters. The van der Waals surface area contributed by atoms with Crippen molar-refractivity contribution in [3.05, 3.63) is 29.9 Å². The van der Waals surface area contributed by atoms with Gasteiger partial charge >= 0.3 is 6.03 Å². The second-order valence-electron chi connectivity index (χ2n) is 5.31. The summed E-state index contributed by atoms with van der Waals surface area (Å²) in [5.74, 6) is 0. The van der Waals surface area contributed by atoms with Gasteiger partial charge in [-0.1, -0.05) is 0 Å². The summed E-state index contributed by atoms with van der Waals surface area (Å²) in [6, 6.07) is 3.82. The smallest absolute Gasteiger partial charge is 0.323 e. The quantitative estimate of drug-likeness (QED) is 0.672. The van der Waals surface area contributed by atoms with Gasteiger partial charge in [0.05, 0.1) is 5.69 Å². The number of anilines is 1. The van der Waals surface area contributed by atoms with Crippen LogP contribution < -0.4 is 10.6 Å². The molecule has 8 heteroatoms. The summed E-state index contributed by atoms with van der Waals surface area (Å²) >= 11 is 1.43. The Morgan fingerprint density at radius 2 is 2.22 bits per heavy atom. The minimum absolute atomic E-state index is 0.0898. The number of aromatic amines is 1. The van der Waals surface area contributed by atoms with Gasteiger partial charge in [-0.05, 0) is 12.1 Å². The number of nitrogens with one attached hydrogen (secondary N) is 3. The molecule has 0 aromatic carbocycles.